The molecular formula is C20H20BrN3O6. The van der Waals surface area contributed by atoms with Gasteiger partial charge in [-0.25, -0.2) is 4.79 Å². The number of fused-ring (bicyclic) bond motifs is 1. The summed E-state index contributed by atoms with van der Waals surface area (Å²) in [7, 11) is 1.51. The van der Waals surface area contributed by atoms with Gasteiger partial charge in [-0.3, -0.25) is 19.8 Å². The molecule has 1 aliphatic rings. The Hall–Kier alpha value is -3.11. The van der Waals surface area contributed by atoms with Gasteiger partial charge in [0.05, 0.1) is 12.3 Å². The molecular weight excluding hydrogens is 458 g/mol. The van der Waals surface area contributed by atoms with Crippen molar-refractivity contribution in [2.75, 3.05) is 49.0 Å². The van der Waals surface area contributed by atoms with Gasteiger partial charge in [-0.05, 0) is 36.4 Å². The minimum atomic E-state index is -0.628. The Labute approximate surface area is 181 Å². The number of ether oxygens (including phenoxy) is 3. The molecule has 0 bridgehead atoms. The van der Waals surface area contributed by atoms with E-state index in [1.807, 2.05) is 0 Å². The Morgan fingerprint density at radius 1 is 1.13 bits per heavy atom. The molecule has 0 atom stereocenters. The fourth-order valence-electron chi connectivity index (χ4n) is 2.74. The molecule has 30 heavy (non-hydrogen) atoms. The topological polar surface area (TPSA) is 106 Å². The quantitative estimate of drug-likeness (QED) is 0.593. The van der Waals surface area contributed by atoms with Crippen molar-refractivity contribution in [3.8, 4) is 5.75 Å². The van der Waals surface area contributed by atoms with Crippen LogP contribution < -0.4 is 20.3 Å². The summed E-state index contributed by atoms with van der Waals surface area (Å²) in [6, 6.07) is 11.8. The van der Waals surface area contributed by atoms with E-state index in [1.54, 1.807) is 42.5 Å². The molecule has 0 aromatic heterocycles. The number of hydrogen-bond acceptors (Lipinski definition) is 6. The molecule has 0 saturated heterocycles. The normalized spacial score (nSPS) is 12.6. The van der Waals surface area contributed by atoms with Crippen LogP contribution in [0.25, 0.3) is 0 Å². The first-order chi connectivity index (χ1) is 14.5. The van der Waals surface area contributed by atoms with Crippen LogP contribution in [-0.2, 0) is 19.1 Å². The van der Waals surface area contributed by atoms with Gasteiger partial charge in [0.1, 0.15) is 18.9 Å². The zero-order chi connectivity index (χ0) is 21.5. The summed E-state index contributed by atoms with van der Waals surface area (Å²) in [5.41, 5.74) is 1.44. The number of nitrogens with zero attached hydrogens (tertiary/aromatic N) is 1. The largest absolute Gasteiger partial charge is 0.482 e. The smallest absolute Gasteiger partial charge is 0.411 e. The van der Waals surface area contributed by atoms with E-state index in [0.717, 1.165) is 4.47 Å². The van der Waals surface area contributed by atoms with Crippen molar-refractivity contribution in [2.24, 2.45) is 0 Å². The summed E-state index contributed by atoms with van der Waals surface area (Å²) >= 11 is 3.35. The van der Waals surface area contributed by atoms with Crippen LogP contribution in [0.2, 0.25) is 0 Å². The highest BCUT2D eigenvalue weighted by molar-refractivity contribution is 9.10. The third kappa shape index (κ3) is 5.71. The number of amides is 3. The van der Waals surface area contributed by atoms with Crippen molar-refractivity contribution < 1.29 is 28.6 Å². The van der Waals surface area contributed by atoms with Crippen LogP contribution in [0.15, 0.2) is 46.9 Å². The zero-order valence-electron chi connectivity index (χ0n) is 16.1. The third-order valence-electron chi connectivity index (χ3n) is 4.08. The van der Waals surface area contributed by atoms with Crippen molar-refractivity contribution in [3.05, 3.63) is 46.9 Å². The molecule has 0 unspecified atom stereocenters. The Bertz CT molecular complexity index is 952. The molecule has 1 heterocycles. The van der Waals surface area contributed by atoms with Crippen molar-refractivity contribution in [3.63, 3.8) is 0 Å². The van der Waals surface area contributed by atoms with Gasteiger partial charge >= 0.3 is 6.09 Å². The Morgan fingerprint density at radius 3 is 2.67 bits per heavy atom. The molecule has 158 valence electrons. The molecule has 2 aromatic rings. The minimum Gasteiger partial charge on any atom is -0.482 e. The van der Waals surface area contributed by atoms with E-state index in [2.05, 4.69) is 26.6 Å². The van der Waals surface area contributed by atoms with Crippen LogP contribution in [0, 0.1) is 0 Å². The SMILES string of the molecule is COCCOC(=O)Nc1cccc(NC(=O)CN2C(=O)COc3cc(Br)ccc32)c1. The molecule has 0 radical (unpaired) electrons. The maximum atomic E-state index is 12.5. The second kappa shape index (κ2) is 10.1. The number of hydrogen-bond donors (Lipinski definition) is 2. The van der Waals surface area contributed by atoms with Crippen molar-refractivity contribution in [2.45, 2.75) is 0 Å². The predicted octanol–water partition coefficient (Wildman–Crippen LogP) is 3.01. The first-order valence-electron chi connectivity index (χ1n) is 9.01. The Kier molecular flexibility index (Phi) is 7.26. The van der Waals surface area contributed by atoms with Crippen LogP contribution in [0.3, 0.4) is 0 Å². The van der Waals surface area contributed by atoms with Crippen LogP contribution in [0.4, 0.5) is 21.9 Å². The maximum absolute atomic E-state index is 12.5. The Morgan fingerprint density at radius 2 is 1.90 bits per heavy atom. The molecule has 10 heteroatoms. The number of carbonyl (C=O) groups excluding carboxylic acids is 3. The summed E-state index contributed by atoms with van der Waals surface area (Å²) in [6.45, 7) is 0.114. The van der Waals surface area contributed by atoms with Gasteiger partial charge in [0, 0.05) is 23.0 Å². The highest BCUT2D eigenvalue weighted by Crippen LogP contribution is 2.34. The number of methoxy groups -OCH3 is 1. The van der Waals surface area contributed by atoms with Crippen molar-refractivity contribution in [1.29, 1.82) is 0 Å². The second-order valence-corrected chi connectivity index (χ2v) is 7.18. The number of carbonyl (C=O) groups is 3. The van der Waals surface area contributed by atoms with Crippen LogP contribution >= 0.6 is 15.9 Å². The first kappa shape index (κ1) is 21.6. The summed E-state index contributed by atoms with van der Waals surface area (Å²) in [6.07, 6.45) is -0.628. The zero-order valence-corrected chi connectivity index (χ0v) is 17.7. The van der Waals surface area contributed by atoms with Crippen LogP contribution in [-0.4, -0.2) is 51.4 Å². The van der Waals surface area contributed by atoms with Gasteiger partial charge in [-0.2, -0.15) is 0 Å². The molecule has 0 aliphatic carbocycles. The molecule has 3 rings (SSSR count). The fraction of sp³-hybridized carbons (Fsp3) is 0.250. The monoisotopic (exact) mass is 477 g/mol. The fourth-order valence-corrected chi connectivity index (χ4v) is 3.08. The number of rotatable bonds is 7. The lowest BCUT2D eigenvalue weighted by Gasteiger charge is -2.29. The second-order valence-electron chi connectivity index (χ2n) is 6.26. The number of benzene rings is 2. The summed E-state index contributed by atoms with van der Waals surface area (Å²) in [5.74, 6) is -0.178. The van der Waals surface area contributed by atoms with E-state index in [4.69, 9.17) is 14.2 Å². The molecule has 0 spiro atoms. The Balaban J connectivity index is 1.62. The van der Waals surface area contributed by atoms with E-state index in [0.29, 0.717) is 29.4 Å². The average molecular weight is 478 g/mol. The summed E-state index contributed by atoms with van der Waals surface area (Å²) in [5, 5.41) is 5.29. The summed E-state index contributed by atoms with van der Waals surface area (Å²) < 4.78 is 16.0. The number of halogens is 1. The third-order valence-corrected chi connectivity index (χ3v) is 4.57. The average Bonchev–Trinajstić information content (AvgIpc) is 2.70. The highest BCUT2D eigenvalue weighted by atomic mass is 79.9. The lowest BCUT2D eigenvalue weighted by Crippen LogP contribution is -2.43. The van der Waals surface area contributed by atoms with Gasteiger partial charge < -0.3 is 19.5 Å². The van der Waals surface area contributed by atoms with Gasteiger partial charge in [-0.15, -0.1) is 0 Å². The van der Waals surface area contributed by atoms with Crippen LogP contribution in [0.5, 0.6) is 5.75 Å². The van der Waals surface area contributed by atoms with E-state index in [1.165, 1.54) is 12.0 Å². The molecule has 1 aliphatic heterocycles. The molecule has 0 fully saturated rings. The first-order valence-corrected chi connectivity index (χ1v) is 9.81. The van der Waals surface area contributed by atoms with Gasteiger partial charge in [0.25, 0.3) is 5.91 Å². The van der Waals surface area contributed by atoms with E-state index in [9.17, 15) is 14.4 Å². The molecule has 0 saturated carbocycles. The van der Waals surface area contributed by atoms with E-state index < -0.39 is 6.09 Å². The van der Waals surface area contributed by atoms with Gasteiger partial charge in [0.2, 0.25) is 5.91 Å². The predicted molar refractivity (Wildman–Crippen MR) is 114 cm³/mol. The van der Waals surface area contributed by atoms with Crippen molar-refractivity contribution in [1.82, 2.24) is 0 Å². The lowest BCUT2D eigenvalue weighted by molar-refractivity contribution is -0.123. The van der Waals surface area contributed by atoms with E-state index >= 15 is 0 Å². The molecule has 2 N–H and O–H groups in total. The summed E-state index contributed by atoms with van der Waals surface area (Å²) in [4.78, 5) is 37.9. The number of nitrogens with one attached hydrogen (secondary N) is 2. The molecule has 3 amide bonds. The lowest BCUT2D eigenvalue weighted by atomic mass is 10.2. The maximum Gasteiger partial charge on any atom is 0.411 e. The highest BCUT2D eigenvalue weighted by Gasteiger charge is 2.27. The number of anilines is 3. The van der Waals surface area contributed by atoms with E-state index in [-0.39, 0.29) is 31.6 Å². The minimum absolute atomic E-state index is 0.129. The van der Waals surface area contributed by atoms with Gasteiger partial charge in [0.15, 0.2) is 6.61 Å². The molecule has 9 nitrogen and oxygen atoms in total. The van der Waals surface area contributed by atoms with Gasteiger partial charge in [-0.1, -0.05) is 22.0 Å². The standard InChI is InChI=1S/C20H20BrN3O6/c1-28-7-8-29-20(27)23-15-4-2-3-14(10-15)22-18(25)11-24-16-6-5-13(21)9-17(16)30-12-19(24)26/h2-6,9-10H,7-8,11-12H2,1H3,(H,22,25)(H,23,27). The molecule has 2 aromatic carbocycles. The van der Waals surface area contributed by atoms with Crippen molar-refractivity contribution >= 4 is 50.9 Å². The van der Waals surface area contributed by atoms with Crippen LogP contribution in [0.1, 0.15) is 0 Å².